The van der Waals surface area contributed by atoms with Crippen LogP contribution in [0.4, 0.5) is 10.1 Å². The zero-order valence-corrected chi connectivity index (χ0v) is 22.1. The monoisotopic (exact) mass is 525 g/mol. The number of rotatable bonds is 8. The van der Waals surface area contributed by atoms with Crippen molar-refractivity contribution in [2.45, 2.75) is 82.4 Å². The predicted molar refractivity (Wildman–Crippen MR) is 142 cm³/mol. The SMILES string of the molecule is COC(O)N1c2ccc3c(nc(CC(C(=O)O)c4cccc(F)c4)n3[C@H]3CC[C@H](OC)CC3)c2CC[C@@H]1C. The Morgan fingerprint density at radius 2 is 1.92 bits per heavy atom. The molecule has 9 heteroatoms. The molecule has 0 amide bonds. The quantitative estimate of drug-likeness (QED) is 0.409. The number of carboxylic acid groups (broad SMARTS) is 1. The van der Waals surface area contributed by atoms with Gasteiger partial charge in [-0.15, -0.1) is 0 Å². The van der Waals surface area contributed by atoms with E-state index in [9.17, 15) is 19.4 Å². The van der Waals surface area contributed by atoms with Gasteiger partial charge in [0, 0.05) is 44.0 Å². The number of benzene rings is 2. The molecule has 2 N–H and O–H groups in total. The van der Waals surface area contributed by atoms with E-state index in [1.54, 1.807) is 19.2 Å². The molecule has 8 nitrogen and oxygen atoms in total. The summed E-state index contributed by atoms with van der Waals surface area (Å²) in [7, 11) is 3.22. The molecule has 0 saturated heterocycles. The number of imidazole rings is 1. The standard InChI is InChI=1S/C29H36FN3O5/c1-17-7-12-22-24(32(17)29(36)38-3)13-14-25-27(22)31-26(33(25)20-8-10-21(37-2)11-9-20)16-23(28(34)35)18-5-4-6-19(30)15-18/h4-6,13-15,17,20-21,23,29,36H,7-12,16H2,1-3H3,(H,34,35)/t17-,20-,21-,23?,29?/m0/s1. The van der Waals surface area contributed by atoms with Crippen LogP contribution in [0, 0.1) is 5.82 Å². The summed E-state index contributed by atoms with van der Waals surface area (Å²) in [4.78, 5) is 19.3. The Bertz CT molecular complexity index is 1300. The van der Waals surface area contributed by atoms with Crippen molar-refractivity contribution in [3.63, 3.8) is 0 Å². The van der Waals surface area contributed by atoms with Crippen molar-refractivity contribution in [3.05, 3.63) is 59.2 Å². The molecule has 3 atom stereocenters. The molecule has 2 aliphatic rings. The number of ether oxygens (including phenoxy) is 2. The first-order valence-electron chi connectivity index (χ1n) is 13.3. The van der Waals surface area contributed by atoms with E-state index in [1.807, 2.05) is 17.0 Å². The number of hydrogen-bond acceptors (Lipinski definition) is 6. The first-order chi connectivity index (χ1) is 18.3. The van der Waals surface area contributed by atoms with Gasteiger partial charge in [0.15, 0.2) is 0 Å². The summed E-state index contributed by atoms with van der Waals surface area (Å²) < 4.78 is 27.1. The topological polar surface area (TPSA) is 97.0 Å². The second kappa shape index (κ2) is 11.0. The van der Waals surface area contributed by atoms with Crippen molar-refractivity contribution in [3.8, 4) is 0 Å². The third kappa shape index (κ3) is 4.90. The number of fused-ring (bicyclic) bond motifs is 3. The number of methoxy groups -OCH3 is 2. The first kappa shape index (κ1) is 26.6. The molecule has 0 spiro atoms. The van der Waals surface area contributed by atoms with Crippen LogP contribution < -0.4 is 4.90 Å². The molecule has 0 bridgehead atoms. The molecule has 1 aliphatic heterocycles. The van der Waals surface area contributed by atoms with Gasteiger partial charge >= 0.3 is 5.97 Å². The third-order valence-electron chi connectivity index (χ3n) is 8.31. The highest BCUT2D eigenvalue weighted by atomic mass is 19.1. The van der Waals surface area contributed by atoms with Crippen molar-refractivity contribution < 1.29 is 28.9 Å². The lowest BCUT2D eigenvalue weighted by atomic mass is 9.91. The first-order valence-corrected chi connectivity index (χ1v) is 13.3. The number of aliphatic carboxylic acids is 1. The van der Waals surface area contributed by atoms with Crippen molar-refractivity contribution in [2.75, 3.05) is 19.1 Å². The Hall–Kier alpha value is -3.01. The van der Waals surface area contributed by atoms with Crippen LogP contribution in [0.3, 0.4) is 0 Å². The minimum absolute atomic E-state index is 0.0881. The lowest BCUT2D eigenvalue weighted by Gasteiger charge is -2.39. The number of carbonyl (C=O) groups is 1. The van der Waals surface area contributed by atoms with Gasteiger partial charge in [0.05, 0.1) is 23.1 Å². The van der Waals surface area contributed by atoms with E-state index >= 15 is 0 Å². The van der Waals surface area contributed by atoms with Crippen molar-refractivity contribution >= 4 is 22.7 Å². The smallest absolute Gasteiger partial charge is 0.311 e. The van der Waals surface area contributed by atoms with Gasteiger partial charge in [0.2, 0.25) is 6.41 Å². The zero-order valence-electron chi connectivity index (χ0n) is 22.1. The molecule has 1 saturated carbocycles. The molecule has 204 valence electrons. The molecule has 3 aromatic rings. The van der Waals surface area contributed by atoms with Crippen LogP contribution in [0.15, 0.2) is 36.4 Å². The molecule has 38 heavy (non-hydrogen) atoms. The summed E-state index contributed by atoms with van der Waals surface area (Å²) in [5.74, 6) is -1.72. The van der Waals surface area contributed by atoms with E-state index < -0.39 is 24.1 Å². The summed E-state index contributed by atoms with van der Waals surface area (Å²) in [6.45, 7) is 2.06. The summed E-state index contributed by atoms with van der Waals surface area (Å²) in [5.41, 5.74) is 4.12. The lowest BCUT2D eigenvalue weighted by Crippen LogP contribution is -2.45. The minimum Gasteiger partial charge on any atom is -0.481 e. The van der Waals surface area contributed by atoms with Gasteiger partial charge in [-0.1, -0.05) is 12.1 Å². The van der Waals surface area contributed by atoms with Crippen LogP contribution in [0.5, 0.6) is 0 Å². The Labute approximate surface area is 222 Å². The van der Waals surface area contributed by atoms with Crippen LogP contribution >= 0.6 is 0 Å². The fraction of sp³-hybridized carbons (Fsp3) is 0.517. The minimum atomic E-state index is -1.07. The molecule has 1 aliphatic carbocycles. The molecule has 2 heterocycles. The van der Waals surface area contributed by atoms with Crippen LogP contribution in [0.1, 0.15) is 67.9 Å². The van der Waals surface area contributed by atoms with Gasteiger partial charge in [0.25, 0.3) is 0 Å². The summed E-state index contributed by atoms with van der Waals surface area (Å²) >= 11 is 0. The van der Waals surface area contributed by atoms with E-state index in [0.717, 1.165) is 60.8 Å². The molecule has 1 aromatic heterocycles. The van der Waals surface area contributed by atoms with Gasteiger partial charge in [-0.3, -0.25) is 4.79 Å². The molecular formula is C29H36FN3O5. The third-order valence-corrected chi connectivity index (χ3v) is 8.31. The van der Waals surface area contributed by atoms with E-state index in [-0.39, 0.29) is 24.6 Å². The zero-order chi connectivity index (χ0) is 27.0. The molecule has 2 unspecified atom stereocenters. The number of hydrogen-bond donors (Lipinski definition) is 2. The number of carboxylic acids is 1. The van der Waals surface area contributed by atoms with E-state index in [0.29, 0.717) is 11.4 Å². The maximum atomic E-state index is 14.0. The fourth-order valence-electron chi connectivity index (χ4n) is 6.27. The maximum Gasteiger partial charge on any atom is 0.311 e. The van der Waals surface area contributed by atoms with E-state index in [2.05, 4.69) is 11.5 Å². The highest BCUT2D eigenvalue weighted by molar-refractivity contribution is 5.87. The van der Waals surface area contributed by atoms with E-state index in [4.69, 9.17) is 14.5 Å². The number of aliphatic hydroxyl groups excluding tert-OH is 1. The normalized spacial score (nSPS) is 23.3. The van der Waals surface area contributed by atoms with Crippen LogP contribution in [-0.4, -0.2) is 58.5 Å². The Balaban J connectivity index is 1.63. The highest BCUT2D eigenvalue weighted by Crippen LogP contribution is 2.41. The second-order valence-electron chi connectivity index (χ2n) is 10.5. The summed E-state index contributed by atoms with van der Waals surface area (Å²) in [6.07, 6.45) is 4.56. The van der Waals surface area contributed by atoms with Crippen LogP contribution in [-0.2, 0) is 27.1 Å². The average molecular weight is 526 g/mol. The second-order valence-corrected chi connectivity index (χ2v) is 10.5. The van der Waals surface area contributed by atoms with Gasteiger partial charge in [-0.25, -0.2) is 9.37 Å². The fourth-order valence-corrected chi connectivity index (χ4v) is 6.27. The van der Waals surface area contributed by atoms with Crippen molar-refractivity contribution in [1.29, 1.82) is 0 Å². The Morgan fingerprint density at radius 3 is 2.58 bits per heavy atom. The number of aliphatic hydroxyl groups is 1. The highest BCUT2D eigenvalue weighted by Gasteiger charge is 2.33. The van der Waals surface area contributed by atoms with Gasteiger partial charge in [-0.2, -0.15) is 0 Å². The Morgan fingerprint density at radius 1 is 1.16 bits per heavy atom. The number of aromatic nitrogens is 2. The Kier molecular flexibility index (Phi) is 7.70. The van der Waals surface area contributed by atoms with Crippen molar-refractivity contribution in [2.24, 2.45) is 0 Å². The lowest BCUT2D eigenvalue weighted by molar-refractivity contribution is -0.138. The van der Waals surface area contributed by atoms with Gasteiger partial charge < -0.3 is 29.2 Å². The molecular weight excluding hydrogens is 489 g/mol. The molecule has 1 fully saturated rings. The van der Waals surface area contributed by atoms with Gasteiger partial charge in [0.1, 0.15) is 11.6 Å². The van der Waals surface area contributed by atoms with Crippen LogP contribution in [0.25, 0.3) is 11.0 Å². The van der Waals surface area contributed by atoms with E-state index in [1.165, 1.54) is 19.2 Å². The molecule has 5 rings (SSSR count). The number of aryl methyl sites for hydroxylation is 1. The summed E-state index contributed by atoms with van der Waals surface area (Å²) in [6, 6.07) is 10.1. The number of halogens is 1. The molecule has 2 aromatic carbocycles. The van der Waals surface area contributed by atoms with Crippen molar-refractivity contribution in [1.82, 2.24) is 9.55 Å². The van der Waals surface area contributed by atoms with Crippen LogP contribution in [0.2, 0.25) is 0 Å². The predicted octanol–water partition coefficient (Wildman–Crippen LogP) is 4.78. The van der Waals surface area contributed by atoms with Gasteiger partial charge in [-0.05, 0) is 75.3 Å². The molecule has 0 radical (unpaired) electrons. The maximum absolute atomic E-state index is 14.0. The number of nitrogens with zero attached hydrogens (tertiary/aromatic N) is 3. The summed E-state index contributed by atoms with van der Waals surface area (Å²) in [5, 5.41) is 20.7. The average Bonchev–Trinajstić information content (AvgIpc) is 3.29. The largest absolute Gasteiger partial charge is 0.481 e. The number of anilines is 1.